The van der Waals surface area contributed by atoms with Gasteiger partial charge in [-0.3, -0.25) is 0 Å². The van der Waals surface area contributed by atoms with Crippen molar-refractivity contribution in [3.05, 3.63) is 0 Å². The van der Waals surface area contributed by atoms with E-state index in [9.17, 15) is 5.11 Å². The van der Waals surface area contributed by atoms with E-state index < -0.39 is 5.60 Å². The Labute approximate surface area is 86.5 Å². The molecule has 0 unspecified atom stereocenters. The predicted octanol–water partition coefficient (Wildman–Crippen LogP) is 2.17. The van der Waals surface area contributed by atoms with Gasteiger partial charge in [0.05, 0.1) is 12.2 Å². The van der Waals surface area contributed by atoms with Gasteiger partial charge in [-0.1, -0.05) is 19.3 Å². The second kappa shape index (κ2) is 6.96. The summed E-state index contributed by atoms with van der Waals surface area (Å²) in [4.78, 5) is 0. The van der Waals surface area contributed by atoms with Gasteiger partial charge in [0.25, 0.3) is 0 Å². The summed E-state index contributed by atoms with van der Waals surface area (Å²) in [5.74, 6) is 0. The Morgan fingerprint density at radius 2 is 1.67 bits per heavy atom. The number of ether oxygens (including phenoxy) is 1. The molecule has 0 aromatic carbocycles. The van der Waals surface area contributed by atoms with Gasteiger partial charge in [0, 0.05) is 7.11 Å². The molecule has 1 aliphatic rings. The molecule has 0 radical (unpaired) electrons. The zero-order valence-corrected chi connectivity index (χ0v) is 9.05. The van der Waals surface area contributed by atoms with Crippen LogP contribution in [0.3, 0.4) is 0 Å². The molecule has 0 heterocycles. The van der Waals surface area contributed by atoms with Crippen molar-refractivity contribution < 1.29 is 9.84 Å². The maximum Gasteiger partial charge on any atom is 0.0880 e. The fourth-order valence-electron chi connectivity index (χ4n) is 1.62. The van der Waals surface area contributed by atoms with Gasteiger partial charge < -0.3 is 9.84 Å². The molecule has 2 nitrogen and oxygen atoms in total. The van der Waals surface area contributed by atoms with Crippen LogP contribution in [-0.4, -0.2) is 24.4 Å². The molecule has 0 aromatic heterocycles. The number of aliphatic hydroxyl groups is 1. The van der Waals surface area contributed by atoms with Crippen molar-refractivity contribution >= 4 is 24.8 Å². The quantitative estimate of drug-likeness (QED) is 0.768. The van der Waals surface area contributed by atoms with Crippen molar-refractivity contribution in [2.75, 3.05) is 13.7 Å². The lowest BCUT2D eigenvalue weighted by molar-refractivity contribution is -0.0556. The van der Waals surface area contributed by atoms with Crippen LogP contribution in [0.15, 0.2) is 0 Å². The number of methoxy groups -OCH3 is 1. The smallest absolute Gasteiger partial charge is 0.0880 e. The maximum atomic E-state index is 9.75. The largest absolute Gasteiger partial charge is 0.387 e. The zero-order valence-electron chi connectivity index (χ0n) is 7.41. The Hall–Kier alpha value is 0.500. The van der Waals surface area contributed by atoms with E-state index in [1.807, 2.05) is 0 Å². The summed E-state index contributed by atoms with van der Waals surface area (Å²) < 4.78 is 4.93. The van der Waals surface area contributed by atoms with Crippen LogP contribution in [0.5, 0.6) is 0 Å². The lowest BCUT2D eigenvalue weighted by Gasteiger charge is -2.30. The van der Waals surface area contributed by atoms with Gasteiger partial charge in [0.15, 0.2) is 0 Å². The fourth-order valence-corrected chi connectivity index (χ4v) is 1.62. The van der Waals surface area contributed by atoms with Crippen molar-refractivity contribution in [2.24, 2.45) is 0 Å². The van der Waals surface area contributed by atoms with Gasteiger partial charge in [-0.15, -0.1) is 24.8 Å². The topological polar surface area (TPSA) is 29.5 Å². The third-order valence-corrected chi connectivity index (χ3v) is 2.20. The Bertz CT molecular complexity index is 97.7. The van der Waals surface area contributed by atoms with E-state index in [2.05, 4.69) is 0 Å². The van der Waals surface area contributed by atoms with Crippen LogP contribution in [0.1, 0.15) is 32.1 Å². The van der Waals surface area contributed by atoms with Crippen molar-refractivity contribution in [1.82, 2.24) is 0 Å². The average molecular weight is 217 g/mol. The summed E-state index contributed by atoms with van der Waals surface area (Å²) in [5, 5.41) is 9.75. The summed E-state index contributed by atoms with van der Waals surface area (Å²) in [6.07, 6.45) is 5.41. The molecule has 0 aromatic rings. The van der Waals surface area contributed by atoms with Gasteiger partial charge in [0.2, 0.25) is 0 Å². The molecule has 76 valence electrons. The Morgan fingerprint density at radius 3 is 2.08 bits per heavy atom. The van der Waals surface area contributed by atoms with E-state index in [0.717, 1.165) is 25.7 Å². The SMILES string of the molecule is COCC1(O)CCCCC1.Cl.Cl. The van der Waals surface area contributed by atoms with Crippen LogP contribution < -0.4 is 0 Å². The third kappa shape index (κ3) is 4.51. The summed E-state index contributed by atoms with van der Waals surface area (Å²) >= 11 is 0. The van der Waals surface area contributed by atoms with Gasteiger partial charge in [-0.05, 0) is 12.8 Å². The number of rotatable bonds is 2. The van der Waals surface area contributed by atoms with E-state index in [0.29, 0.717) is 6.61 Å². The molecule has 1 aliphatic carbocycles. The second-order valence-corrected chi connectivity index (χ2v) is 3.22. The van der Waals surface area contributed by atoms with Crippen LogP contribution in [0.4, 0.5) is 0 Å². The highest BCUT2D eigenvalue weighted by molar-refractivity contribution is 5.85. The first-order chi connectivity index (χ1) is 4.77. The molecular weight excluding hydrogens is 199 g/mol. The second-order valence-electron chi connectivity index (χ2n) is 3.22. The van der Waals surface area contributed by atoms with Crippen LogP contribution in [0.25, 0.3) is 0 Å². The lowest BCUT2D eigenvalue weighted by Crippen LogP contribution is -2.36. The molecule has 1 fully saturated rings. The van der Waals surface area contributed by atoms with Gasteiger partial charge in [-0.25, -0.2) is 0 Å². The first kappa shape index (κ1) is 15.0. The van der Waals surface area contributed by atoms with E-state index in [1.165, 1.54) is 6.42 Å². The first-order valence-electron chi connectivity index (χ1n) is 3.98. The maximum absolute atomic E-state index is 9.75. The fraction of sp³-hybridized carbons (Fsp3) is 1.00. The van der Waals surface area contributed by atoms with Crippen molar-refractivity contribution in [2.45, 2.75) is 37.7 Å². The lowest BCUT2D eigenvalue weighted by atomic mass is 9.86. The summed E-state index contributed by atoms with van der Waals surface area (Å²) in [6, 6.07) is 0. The van der Waals surface area contributed by atoms with Crippen molar-refractivity contribution in [1.29, 1.82) is 0 Å². The molecule has 0 saturated heterocycles. The Morgan fingerprint density at radius 1 is 1.17 bits per heavy atom. The van der Waals surface area contributed by atoms with Gasteiger partial charge >= 0.3 is 0 Å². The van der Waals surface area contributed by atoms with Crippen molar-refractivity contribution in [3.63, 3.8) is 0 Å². The summed E-state index contributed by atoms with van der Waals surface area (Å²) in [7, 11) is 1.65. The third-order valence-electron chi connectivity index (χ3n) is 2.20. The summed E-state index contributed by atoms with van der Waals surface area (Å²) in [6.45, 7) is 0.507. The number of halogens is 2. The first-order valence-corrected chi connectivity index (χ1v) is 3.98. The molecule has 1 rings (SSSR count). The molecule has 0 aliphatic heterocycles. The molecular formula is C8H18Cl2O2. The predicted molar refractivity (Wildman–Crippen MR) is 54.4 cm³/mol. The molecule has 4 heteroatoms. The van der Waals surface area contributed by atoms with Gasteiger partial charge in [0.1, 0.15) is 0 Å². The number of hydrogen-bond donors (Lipinski definition) is 1. The molecule has 0 atom stereocenters. The minimum Gasteiger partial charge on any atom is -0.387 e. The monoisotopic (exact) mass is 216 g/mol. The highest BCUT2D eigenvalue weighted by Crippen LogP contribution is 2.27. The van der Waals surface area contributed by atoms with E-state index in [1.54, 1.807) is 7.11 Å². The van der Waals surface area contributed by atoms with Crippen LogP contribution >= 0.6 is 24.8 Å². The molecule has 0 spiro atoms. The highest BCUT2D eigenvalue weighted by atomic mass is 35.5. The minimum absolute atomic E-state index is 0. The standard InChI is InChI=1S/C8H16O2.2ClH/c1-10-7-8(9)5-3-2-4-6-8;;/h9H,2-7H2,1H3;2*1H. The van der Waals surface area contributed by atoms with E-state index >= 15 is 0 Å². The van der Waals surface area contributed by atoms with Crippen LogP contribution in [-0.2, 0) is 4.74 Å². The minimum atomic E-state index is -0.493. The van der Waals surface area contributed by atoms with Crippen molar-refractivity contribution in [3.8, 4) is 0 Å². The van der Waals surface area contributed by atoms with E-state index in [4.69, 9.17) is 4.74 Å². The molecule has 12 heavy (non-hydrogen) atoms. The zero-order chi connectivity index (χ0) is 7.45. The number of hydrogen-bond acceptors (Lipinski definition) is 2. The van der Waals surface area contributed by atoms with Crippen LogP contribution in [0, 0.1) is 0 Å². The molecule has 1 saturated carbocycles. The van der Waals surface area contributed by atoms with Gasteiger partial charge in [-0.2, -0.15) is 0 Å². The van der Waals surface area contributed by atoms with Crippen LogP contribution in [0.2, 0.25) is 0 Å². The summed E-state index contributed by atoms with van der Waals surface area (Å²) in [5.41, 5.74) is -0.493. The average Bonchev–Trinajstić information content (AvgIpc) is 1.89. The highest BCUT2D eigenvalue weighted by Gasteiger charge is 2.28. The molecule has 0 amide bonds. The Balaban J connectivity index is 0. The van der Waals surface area contributed by atoms with E-state index in [-0.39, 0.29) is 24.8 Å². The Kier molecular flexibility index (Phi) is 8.69. The normalized spacial score (nSPS) is 20.5. The molecule has 1 N–H and O–H groups in total. The molecule has 0 bridgehead atoms.